The lowest BCUT2D eigenvalue weighted by atomic mass is 10.2. The predicted octanol–water partition coefficient (Wildman–Crippen LogP) is 3.97. The number of nitrogens with one attached hydrogen (secondary N) is 1. The maximum absolute atomic E-state index is 13.6. The molecule has 19 heavy (non-hydrogen) atoms. The lowest BCUT2D eigenvalue weighted by Gasteiger charge is -2.08. The lowest BCUT2D eigenvalue weighted by Crippen LogP contribution is -2.14. The van der Waals surface area contributed by atoms with Crippen LogP contribution in [0.3, 0.4) is 0 Å². The van der Waals surface area contributed by atoms with Crippen molar-refractivity contribution in [1.29, 1.82) is 0 Å². The van der Waals surface area contributed by atoms with Gasteiger partial charge in [0.25, 0.3) is 5.91 Å². The molecule has 0 saturated heterocycles. The van der Waals surface area contributed by atoms with Gasteiger partial charge in [0.05, 0.1) is 16.3 Å². The van der Waals surface area contributed by atoms with E-state index in [9.17, 15) is 9.18 Å². The number of carbonyl (C=O) groups excluding carboxylic acids is 1. The molecule has 98 valence electrons. The minimum Gasteiger partial charge on any atom is -0.399 e. The Balaban J connectivity index is 2.28. The van der Waals surface area contributed by atoms with E-state index in [1.165, 1.54) is 18.2 Å². The van der Waals surface area contributed by atoms with Crippen LogP contribution in [0.1, 0.15) is 10.4 Å². The first kappa shape index (κ1) is 13.6. The average Bonchev–Trinajstić information content (AvgIpc) is 2.33. The Bertz CT molecular complexity index is 647. The molecule has 0 aliphatic heterocycles. The van der Waals surface area contributed by atoms with E-state index in [-0.39, 0.29) is 10.6 Å². The zero-order valence-corrected chi connectivity index (χ0v) is 11.1. The van der Waals surface area contributed by atoms with E-state index < -0.39 is 11.7 Å². The molecule has 2 aromatic rings. The van der Waals surface area contributed by atoms with Crippen LogP contribution in [-0.4, -0.2) is 5.91 Å². The molecular formula is C13H9Cl2FN2O. The molecule has 0 atom stereocenters. The van der Waals surface area contributed by atoms with Crippen molar-refractivity contribution in [2.45, 2.75) is 0 Å². The Morgan fingerprint density at radius 2 is 1.89 bits per heavy atom. The van der Waals surface area contributed by atoms with Crippen LogP contribution in [-0.2, 0) is 0 Å². The summed E-state index contributed by atoms with van der Waals surface area (Å²) in [6.07, 6.45) is 0. The Hall–Kier alpha value is -1.78. The smallest absolute Gasteiger partial charge is 0.258 e. The summed E-state index contributed by atoms with van der Waals surface area (Å²) in [5.74, 6) is -1.33. The number of rotatable bonds is 2. The summed E-state index contributed by atoms with van der Waals surface area (Å²) in [6, 6.07) is 8.44. The minimum atomic E-state index is -0.704. The van der Waals surface area contributed by atoms with E-state index in [1.807, 2.05) is 0 Å². The first-order valence-electron chi connectivity index (χ1n) is 5.29. The standard InChI is InChI=1S/C13H9Cl2FN2O/c14-7-1-3-9(11(16)5-7)13(19)18-12-6-8(17)2-4-10(12)15/h1-6H,17H2,(H,18,19). The molecule has 3 nitrogen and oxygen atoms in total. The summed E-state index contributed by atoms with van der Waals surface area (Å²) in [5, 5.41) is 3.03. The van der Waals surface area contributed by atoms with Gasteiger partial charge >= 0.3 is 0 Å². The first-order chi connectivity index (χ1) is 8.97. The Labute approximate surface area is 119 Å². The molecule has 0 saturated carbocycles. The van der Waals surface area contributed by atoms with Crippen LogP contribution in [0.25, 0.3) is 0 Å². The van der Waals surface area contributed by atoms with Crippen molar-refractivity contribution in [3.63, 3.8) is 0 Å². The highest BCUT2D eigenvalue weighted by Crippen LogP contribution is 2.25. The second-order valence-corrected chi connectivity index (χ2v) is 4.66. The van der Waals surface area contributed by atoms with E-state index in [0.29, 0.717) is 16.4 Å². The van der Waals surface area contributed by atoms with Crippen LogP contribution in [0.4, 0.5) is 15.8 Å². The van der Waals surface area contributed by atoms with Gasteiger partial charge in [-0.2, -0.15) is 0 Å². The zero-order valence-electron chi connectivity index (χ0n) is 9.58. The molecule has 0 spiro atoms. The summed E-state index contributed by atoms with van der Waals surface area (Å²) in [6.45, 7) is 0. The van der Waals surface area contributed by atoms with Crippen molar-refractivity contribution < 1.29 is 9.18 Å². The molecule has 0 heterocycles. The second-order valence-electron chi connectivity index (χ2n) is 3.82. The van der Waals surface area contributed by atoms with Gasteiger partial charge < -0.3 is 11.1 Å². The normalized spacial score (nSPS) is 10.3. The van der Waals surface area contributed by atoms with E-state index in [0.717, 1.165) is 6.07 Å². The number of benzene rings is 2. The largest absolute Gasteiger partial charge is 0.399 e. The maximum Gasteiger partial charge on any atom is 0.258 e. The third-order valence-corrected chi connectivity index (χ3v) is 2.98. The molecule has 0 radical (unpaired) electrons. The van der Waals surface area contributed by atoms with Gasteiger partial charge in [0, 0.05) is 10.7 Å². The number of hydrogen-bond donors (Lipinski definition) is 2. The highest BCUT2D eigenvalue weighted by atomic mass is 35.5. The van der Waals surface area contributed by atoms with Crippen molar-refractivity contribution in [2.24, 2.45) is 0 Å². The molecule has 0 unspecified atom stereocenters. The number of nitrogens with two attached hydrogens (primary N) is 1. The predicted molar refractivity (Wildman–Crippen MR) is 75.2 cm³/mol. The van der Waals surface area contributed by atoms with Crippen LogP contribution in [0.2, 0.25) is 10.0 Å². The van der Waals surface area contributed by atoms with E-state index in [4.69, 9.17) is 28.9 Å². The average molecular weight is 299 g/mol. The number of amides is 1. The molecular weight excluding hydrogens is 290 g/mol. The maximum atomic E-state index is 13.6. The summed E-state index contributed by atoms with van der Waals surface area (Å²) >= 11 is 11.5. The first-order valence-corrected chi connectivity index (χ1v) is 6.04. The lowest BCUT2D eigenvalue weighted by molar-refractivity contribution is 0.102. The van der Waals surface area contributed by atoms with Gasteiger partial charge in [-0.3, -0.25) is 4.79 Å². The quantitative estimate of drug-likeness (QED) is 0.824. The summed E-state index contributed by atoms with van der Waals surface area (Å²) in [4.78, 5) is 11.9. The fourth-order valence-electron chi connectivity index (χ4n) is 1.50. The van der Waals surface area contributed by atoms with Gasteiger partial charge in [-0.05, 0) is 36.4 Å². The van der Waals surface area contributed by atoms with E-state index >= 15 is 0 Å². The molecule has 0 aliphatic carbocycles. The molecule has 0 bridgehead atoms. The van der Waals surface area contributed by atoms with Gasteiger partial charge in [-0.1, -0.05) is 23.2 Å². The fourth-order valence-corrected chi connectivity index (χ4v) is 1.83. The monoisotopic (exact) mass is 298 g/mol. The summed E-state index contributed by atoms with van der Waals surface area (Å²) in [5.41, 5.74) is 6.23. The molecule has 0 aromatic heterocycles. The number of carbonyl (C=O) groups is 1. The highest BCUT2D eigenvalue weighted by molar-refractivity contribution is 6.34. The topological polar surface area (TPSA) is 55.1 Å². The molecule has 3 N–H and O–H groups in total. The van der Waals surface area contributed by atoms with E-state index in [1.54, 1.807) is 12.1 Å². The van der Waals surface area contributed by atoms with Crippen molar-refractivity contribution >= 4 is 40.5 Å². The number of anilines is 2. The number of nitrogen functional groups attached to an aromatic ring is 1. The van der Waals surface area contributed by atoms with Gasteiger partial charge in [0.2, 0.25) is 0 Å². The van der Waals surface area contributed by atoms with Gasteiger partial charge in [0.1, 0.15) is 5.82 Å². The van der Waals surface area contributed by atoms with Crippen LogP contribution < -0.4 is 11.1 Å². The second kappa shape index (κ2) is 5.47. The van der Waals surface area contributed by atoms with Crippen LogP contribution >= 0.6 is 23.2 Å². The molecule has 2 aromatic carbocycles. The SMILES string of the molecule is Nc1ccc(Cl)c(NC(=O)c2ccc(Cl)cc2F)c1. The zero-order chi connectivity index (χ0) is 14.0. The Kier molecular flexibility index (Phi) is 3.93. The minimum absolute atomic E-state index is 0.122. The van der Waals surface area contributed by atoms with Crippen LogP contribution in [0, 0.1) is 5.82 Å². The van der Waals surface area contributed by atoms with Crippen molar-refractivity contribution in [3.05, 3.63) is 57.8 Å². The highest BCUT2D eigenvalue weighted by Gasteiger charge is 2.13. The summed E-state index contributed by atoms with van der Waals surface area (Å²) in [7, 11) is 0. The van der Waals surface area contributed by atoms with Gasteiger partial charge in [-0.25, -0.2) is 4.39 Å². The van der Waals surface area contributed by atoms with Crippen molar-refractivity contribution in [3.8, 4) is 0 Å². The van der Waals surface area contributed by atoms with Gasteiger partial charge in [0.15, 0.2) is 0 Å². The van der Waals surface area contributed by atoms with E-state index in [2.05, 4.69) is 5.32 Å². The number of hydrogen-bond acceptors (Lipinski definition) is 2. The molecule has 2 rings (SSSR count). The Morgan fingerprint density at radius 3 is 2.58 bits per heavy atom. The van der Waals surface area contributed by atoms with Crippen LogP contribution in [0.5, 0.6) is 0 Å². The third-order valence-electron chi connectivity index (χ3n) is 2.41. The van der Waals surface area contributed by atoms with Crippen molar-refractivity contribution in [2.75, 3.05) is 11.1 Å². The molecule has 6 heteroatoms. The fraction of sp³-hybridized carbons (Fsp3) is 0. The Morgan fingerprint density at radius 1 is 1.16 bits per heavy atom. The summed E-state index contributed by atoms with van der Waals surface area (Å²) < 4.78 is 13.6. The van der Waals surface area contributed by atoms with Gasteiger partial charge in [-0.15, -0.1) is 0 Å². The van der Waals surface area contributed by atoms with Crippen LogP contribution in [0.15, 0.2) is 36.4 Å². The number of halogens is 3. The molecule has 1 amide bonds. The third kappa shape index (κ3) is 3.16. The molecule has 0 aliphatic rings. The molecule has 0 fully saturated rings. The van der Waals surface area contributed by atoms with Crippen molar-refractivity contribution in [1.82, 2.24) is 0 Å².